The minimum absolute atomic E-state index is 0.224. The van der Waals surface area contributed by atoms with Crippen LogP contribution in [0.15, 0.2) is 11.1 Å². The molecule has 3 aliphatic rings. The minimum atomic E-state index is -0.224. The van der Waals surface area contributed by atoms with E-state index in [1.165, 1.54) is 44.1 Å². The van der Waals surface area contributed by atoms with E-state index in [0.717, 1.165) is 18.4 Å². The van der Waals surface area contributed by atoms with Gasteiger partial charge in [0.2, 0.25) is 0 Å². The van der Waals surface area contributed by atoms with E-state index in [1.807, 2.05) is 5.48 Å². The second-order valence-corrected chi connectivity index (χ2v) is 5.88. The van der Waals surface area contributed by atoms with Crippen LogP contribution in [0, 0.1) is 17.8 Å². The normalized spacial score (nSPS) is 33.2. The lowest BCUT2D eigenvalue weighted by molar-refractivity contribution is -0.126. The Bertz CT molecular complexity index is 355. The van der Waals surface area contributed by atoms with Crippen molar-refractivity contribution < 1.29 is 10.0 Å². The molecule has 2 fully saturated rings. The molecule has 94 valence electrons. The zero-order valence-electron chi connectivity index (χ0n) is 10.2. The van der Waals surface area contributed by atoms with Crippen molar-refractivity contribution >= 4 is 5.91 Å². The maximum Gasteiger partial charge on any atom is 0.270 e. The molecule has 3 heteroatoms. The molecule has 0 heterocycles. The van der Waals surface area contributed by atoms with Crippen molar-refractivity contribution in [3.8, 4) is 0 Å². The van der Waals surface area contributed by atoms with E-state index in [1.54, 1.807) is 0 Å². The smallest absolute Gasteiger partial charge is 0.270 e. The summed E-state index contributed by atoms with van der Waals surface area (Å²) in [5, 5.41) is 8.91. The Morgan fingerprint density at radius 1 is 1.12 bits per heavy atom. The maximum absolute atomic E-state index is 11.8. The van der Waals surface area contributed by atoms with Crippen LogP contribution in [-0.4, -0.2) is 11.1 Å². The molecule has 2 N–H and O–H groups in total. The van der Waals surface area contributed by atoms with Crippen molar-refractivity contribution in [1.29, 1.82) is 0 Å². The Kier molecular flexibility index (Phi) is 2.95. The molecule has 1 amide bonds. The summed E-state index contributed by atoms with van der Waals surface area (Å²) in [6.07, 6.45) is 9.99. The van der Waals surface area contributed by atoms with Crippen molar-refractivity contribution in [3.63, 3.8) is 0 Å². The number of hydrogen-bond acceptors (Lipinski definition) is 2. The fourth-order valence-corrected chi connectivity index (χ4v) is 4.39. The number of rotatable bonds is 2. The highest BCUT2D eigenvalue weighted by Crippen LogP contribution is 2.53. The predicted octanol–water partition coefficient (Wildman–Crippen LogP) is 2.80. The molecule has 3 aliphatic carbocycles. The third kappa shape index (κ3) is 1.81. The average Bonchev–Trinajstić information content (AvgIpc) is 2.99. The molecular formula is C14H21NO2. The van der Waals surface area contributed by atoms with Crippen molar-refractivity contribution in [1.82, 2.24) is 5.48 Å². The Morgan fingerprint density at radius 3 is 2.59 bits per heavy atom. The fourth-order valence-electron chi connectivity index (χ4n) is 4.39. The lowest BCUT2D eigenvalue weighted by Gasteiger charge is -2.34. The molecule has 2 unspecified atom stereocenters. The first-order chi connectivity index (χ1) is 8.31. The van der Waals surface area contributed by atoms with Gasteiger partial charge >= 0.3 is 0 Å². The van der Waals surface area contributed by atoms with Gasteiger partial charge in [-0.2, -0.15) is 0 Å². The van der Waals surface area contributed by atoms with E-state index in [2.05, 4.69) is 0 Å². The number of nitrogens with one attached hydrogen (secondary N) is 1. The molecule has 3 nitrogen and oxygen atoms in total. The van der Waals surface area contributed by atoms with Gasteiger partial charge in [-0.3, -0.25) is 10.0 Å². The first kappa shape index (κ1) is 11.3. The molecule has 0 spiro atoms. The van der Waals surface area contributed by atoms with Gasteiger partial charge in [-0.15, -0.1) is 0 Å². The minimum Gasteiger partial charge on any atom is -0.288 e. The van der Waals surface area contributed by atoms with Crippen molar-refractivity contribution in [2.24, 2.45) is 17.8 Å². The number of allylic oxidation sites excluding steroid dienone is 1. The Balaban J connectivity index is 1.85. The Hall–Kier alpha value is -0.830. The first-order valence-electron chi connectivity index (χ1n) is 6.97. The molecule has 17 heavy (non-hydrogen) atoms. The SMILES string of the molecule is O=C(NO)C1=C2CCC(C2)C1C1CCCCC1. The standard InChI is InChI=1S/C14H21NO2/c16-14(15-17)13-11-7-6-10(8-11)12(13)9-4-2-1-3-5-9/h9-10,12,17H,1-8H2,(H,15,16). The average molecular weight is 235 g/mol. The van der Waals surface area contributed by atoms with Gasteiger partial charge in [-0.05, 0) is 49.9 Å². The second kappa shape index (κ2) is 4.45. The van der Waals surface area contributed by atoms with Gasteiger partial charge in [-0.25, -0.2) is 5.48 Å². The van der Waals surface area contributed by atoms with E-state index in [9.17, 15) is 4.79 Å². The highest BCUT2D eigenvalue weighted by atomic mass is 16.5. The molecule has 2 saturated carbocycles. The number of hydrogen-bond donors (Lipinski definition) is 2. The number of amides is 1. The summed E-state index contributed by atoms with van der Waals surface area (Å²) in [7, 11) is 0. The summed E-state index contributed by atoms with van der Waals surface area (Å²) in [6, 6.07) is 0. The third-order valence-corrected chi connectivity index (χ3v) is 5.05. The van der Waals surface area contributed by atoms with E-state index in [-0.39, 0.29) is 5.91 Å². The summed E-state index contributed by atoms with van der Waals surface area (Å²) in [5.41, 5.74) is 4.15. The molecule has 2 bridgehead atoms. The van der Waals surface area contributed by atoms with E-state index in [4.69, 9.17) is 5.21 Å². The summed E-state index contributed by atoms with van der Waals surface area (Å²) in [6.45, 7) is 0. The Morgan fingerprint density at radius 2 is 1.88 bits per heavy atom. The van der Waals surface area contributed by atoms with Gasteiger partial charge in [0.15, 0.2) is 0 Å². The molecule has 2 atom stereocenters. The van der Waals surface area contributed by atoms with Crippen LogP contribution >= 0.6 is 0 Å². The summed E-state index contributed by atoms with van der Waals surface area (Å²) in [4.78, 5) is 11.8. The van der Waals surface area contributed by atoms with Gasteiger partial charge < -0.3 is 0 Å². The number of fused-ring (bicyclic) bond motifs is 2. The maximum atomic E-state index is 11.8. The Labute approximate surface area is 102 Å². The van der Waals surface area contributed by atoms with Crippen LogP contribution in [0.3, 0.4) is 0 Å². The quantitative estimate of drug-likeness (QED) is 0.571. The zero-order valence-corrected chi connectivity index (χ0v) is 10.2. The van der Waals surface area contributed by atoms with Crippen LogP contribution in [0.4, 0.5) is 0 Å². The number of carbonyl (C=O) groups is 1. The lowest BCUT2D eigenvalue weighted by Crippen LogP contribution is -2.32. The van der Waals surface area contributed by atoms with Gasteiger partial charge in [0.1, 0.15) is 0 Å². The highest BCUT2D eigenvalue weighted by molar-refractivity contribution is 5.94. The number of hydroxylamine groups is 1. The van der Waals surface area contributed by atoms with Crippen LogP contribution in [0.2, 0.25) is 0 Å². The van der Waals surface area contributed by atoms with Gasteiger partial charge in [0.25, 0.3) is 5.91 Å². The van der Waals surface area contributed by atoms with Gasteiger partial charge in [0, 0.05) is 5.57 Å². The highest BCUT2D eigenvalue weighted by Gasteiger charge is 2.45. The topological polar surface area (TPSA) is 49.3 Å². The van der Waals surface area contributed by atoms with Crippen LogP contribution in [0.1, 0.15) is 51.4 Å². The molecule has 3 rings (SSSR count). The molecule has 0 aromatic heterocycles. The predicted molar refractivity (Wildman–Crippen MR) is 64.4 cm³/mol. The first-order valence-corrected chi connectivity index (χ1v) is 6.97. The molecule has 0 radical (unpaired) electrons. The molecule has 0 aromatic rings. The van der Waals surface area contributed by atoms with Crippen molar-refractivity contribution in [2.45, 2.75) is 51.4 Å². The van der Waals surface area contributed by atoms with Crippen LogP contribution in [0.25, 0.3) is 0 Å². The van der Waals surface area contributed by atoms with E-state index < -0.39 is 0 Å². The van der Waals surface area contributed by atoms with Crippen LogP contribution in [-0.2, 0) is 4.79 Å². The fraction of sp³-hybridized carbons (Fsp3) is 0.786. The molecule has 0 aromatic carbocycles. The zero-order chi connectivity index (χ0) is 11.8. The lowest BCUT2D eigenvalue weighted by atomic mass is 9.71. The largest absolute Gasteiger partial charge is 0.288 e. The van der Waals surface area contributed by atoms with E-state index in [0.29, 0.717) is 17.8 Å². The molecule has 0 aliphatic heterocycles. The van der Waals surface area contributed by atoms with E-state index >= 15 is 0 Å². The molecule has 0 saturated heterocycles. The van der Waals surface area contributed by atoms with Gasteiger partial charge in [-0.1, -0.05) is 24.8 Å². The van der Waals surface area contributed by atoms with Crippen molar-refractivity contribution in [3.05, 3.63) is 11.1 Å². The van der Waals surface area contributed by atoms with Crippen LogP contribution < -0.4 is 5.48 Å². The summed E-state index contributed by atoms with van der Waals surface area (Å²) in [5.74, 6) is 1.61. The summed E-state index contributed by atoms with van der Waals surface area (Å²) >= 11 is 0. The third-order valence-electron chi connectivity index (χ3n) is 5.05. The molecular weight excluding hydrogens is 214 g/mol. The monoisotopic (exact) mass is 235 g/mol. The summed E-state index contributed by atoms with van der Waals surface area (Å²) < 4.78 is 0. The van der Waals surface area contributed by atoms with Gasteiger partial charge in [0.05, 0.1) is 0 Å². The second-order valence-electron chi connectivity index (χ2n) is 5.88. The van der Waals surface area contributed by atoms with Crippen LogP contribution in [0.5, 0.6) is 0 Å². The van der Waals surface area contributed by atoms with Crippen molar-refractivity contribution in [2.75, 3.05) is 0 Å². The number of carbonyl (C=O) groups excluding carboxylic acids is 1.